The highest BCUT2D eigenvalue weighted by Crippen LogP contribution is 2.05. The van der Waals surface area contributed by atoms with E-state index in [2.05, 4.69) is 17.2 Å². The summed E-state index contributed by atoms with van der Waals surface area (Å²) in [4.78, 5) is 15.1. The second kappa shape index (κ2) is 6.15. The summed E-state index contributed by atoms with van der Waals surface area (Å²) in [7, 11) is 0. The second-order valence-corrected chi connectivity index (χ2v) is 4.61. The molecule has 5 heteroatoms. The minimum atomic E-state index is -0.395. The van der Waals surface area contributed by atoms with Crippen LogP contribution in [0.3, 0.4) is 0 Å². The quantitative estimate of drug-likeness (QED) is 0.816. The average Bonchev–Trinajstić information content (AvgIpc) is 2.89. The highest BCUT2D eigenvalue weighted by molar-refractivity contribution is 5.92. The summed E-state index contributed by atoms with van der Waals surface area (Å²) in [6.07, 6.45) is 5.50. The van der Waals surface area contributed by atoms with Crippen molar-refractivity contribution in [2.75, 3.05) is 0 Å². The van der Waals surface area contributed by atoms with E-state index in [1.54, 1.807) is 18.6 Å². The van der Waals surface area contributed by atoms with Crippen molar-refractivity contribution in [2.24, 2.45) is 5.73 Å². The number of benzene rings is 1. The predicted octanol–water partition coefficient (Wildman–Crippen LogP) is 1.16. The fraction of sp³-hybridized carbons (Fsp3) is 0.286. The molecule has 0 bridgehead atoms. The van der Waals surface area contributed by atoms with Crippen molar-refractivity contribution in [3.8, 4) is 0 Å². The molecule has 1 amide bonds. The van der Waals surface area contributed by atoms with Gasteiger partial charge in [-0.3, -0.25) is 4.79 Å². The number of nitrogens with one attached hydrogen (secondary N) is 1. The number of hydrogen-bond acceptors (Lipinski definition) is 3. The Labute approximate surface area is 112 Å². The monoisotopic (exact) mass is 258 g/mol. The molecule has 0 aliphatic heterocycles. The molecule has 100 valence electrons. The molecular weight excluding hydrogens is 240 g/mol. The maximum Gasteiger partial charge on any atom is 0.248 e. The number of primary amides is 1. The third-order valence-electron chi connectivity index (χ3n) is 2.91. The molecule has 1 heterocycles. The van der Waals surface area contributed by atoms with E-state index in [0.717, 1.165) is 12.1 Å². The third-order valence-corrected chi connectivity index (χ3v) is 2.91. The van der Waals surface area contributed by atoms with Crippen molar-refractivity contribution < 1.29 is 4.79 Å². The number of hydrogen-bond donors (Lipinski definition) is 2. The molecule has 0 aliphatic carbocycles. The zero-order chi connectivity index (χ0) is 13.7. The van der Waals surface area contributed by atoms with Gasteiger partial charge in [-0.15, -0.1) is 0 Å². The van der Waals surface area contributed by atoms with Gasteiger partial charge in [0.05, 0.1) is 6.33 Å². The first-order valence-corrected chi connectivity index (χ1v) is 6.23. The molecule has 0 radical (unpaired) electrons. The van der Waals surface area contributed by atoms with Crippen LogP contribution < -0.4 is 11.1 Å². The first kappa shape index (κ1) is 13.3. The van der Waals surface area contributed by atoms with Crippen LogP contribution in [-0.4, -0.2) is 21.5 Å². The van der Waals surface area contributed by atoms with Crippen LogP contribution in [0.2, 0.25) is 0 Å². The van der Waals surface area contributed by atoms with Gasteiger partial charge in [-0.25, -0.2) is 4.98 Å². The fourth-order valence-electron chi connectivity index (χ4n) is 1.90. The minimum absolute atomic E-state index is 0.312. The molecule has 1 aromatic carbocycles. The van der Waals surface area contributed by atoms with Crippen molar-refractivity contribution >= 4 is 5.91 Å². The molecule has 2 rings (SSSR count). The average molecular weight is 258 g/mol. The minimum Gasteiger partial charge on any atom is -0.366 e. The van der Waals surface area contributed by atoms with Gasteiger partial charge in [0.1, 0.15) is 0 Å². The van der Waals surface area contributed by atoms with Crippen LogP contribution >= 0.6 is 0 Å². The number of imidazole rings is 1. The number of nitrogens with two attached hydrogens (primary N) is 1. The SMILES string of the molecule is CC(Cn1ccnc1)NCc1cccc(C(N)=O)c1. The van der Waals surface area contributed by atoms with E-state index in [1.165, 1.54) is 0 Å². The van der Waals surface area contributed by atoms with Crippen LogP contribution in [0.4, 0.5) is 0 Å². The van der Waals surface area contributed by atoms with Crippen LogP contribution in [-0.2, 0) is 13.1 Å². The molecule has 1 unspecified atom stereocenters. The molecule has 0 fully saturated rings. The predicted molar refractivity (Wildman–Crippen MR) is 73.5 cm³/mol. The van der Waals surface area contributed by atoms with Gasteiger partial charge in [-0.2, -0.15) is 0 Å². The lowest BCUT2D eigenvalue weighted by molar-refractivity contribution is 0.1000. The summed E-state index contributed by atoms with van der Waals surface area (Å²) in [5.41, 5.74) is 6.85. The summed E-state index contributed by atoms with van der Waals surface area (Å²) in [6, 6.07) is 7.67. The maximum atomic E-state index is 11.1. The number of carbonyl (C=O) groups is 1. The van der Waals surface area contributed by atoms with Gasteiger partial charge in [0.25, 0.3) is 0 Å². The Hall–Kier alpha value is -2.14. The van der Waals surface area contributed by atoms with Crippen molar-refractivity contribution in [1.29, 1.82) is 0 Å². The molecule has 19 heavy (non-hydrogen) atoms. The molecule has 0 saturated heterocycles. The molecule has 1 aromatic heterocycles. The van der Waals surface area contributed by atoms with E-state index in [-0.39, 0.29) is 0 Å². The highest BCUT2D eigenvalue weighted by Gasteiger charge is 2.04. The molecule has 2 aromatic rings. The summed E-state index contributed by atoms with van der Waals surface area (Å²) in [6.45, 7) is 3.67. The second-order valence-electron chi connectivity index (χ2n) is 4.61. The van der Waals surface area contributed by atoms with E-state index >= 15 is 0 Å². The number of rotatable bonds is 6. The van der Waals surface area contributed by atoms with Crippen molar-refractivity contribution in [3.63, 3.8) is 0 Å². The largest absolute Gasteiger partial charge is 0.366 e. The maximum absolute atomic E-state index is 11.1. The Morgan fingerprint density at radius 3 is 3.05 bits per heavy atom. The van der Waals surface area contributed by atoms with Gasteiger partial charge in [0, 0.05) is 37.1 Å². The van der Waals surface area contributed by atoms with Crippen LogP contribution in [0.15, 0.2) is 43.0 Å². The van der Waals surface area contributed by atoms with Crippen LogP contribution in [0.5, 0.6) is 0 Å². The standard InChI is InChI=1S/C14H18N4O/c1-11(9-18-6-5-16-10-18)17-8-12-3-2-4-13(7-12)14(15)19/h2-7,10-11,17H,8-9H2,1H3,(H2,15,19). The van der Waals surface area contributed by atoms with Crippen molar-refractivity contribution in [3.05, 3.63) is 54.1 Å². The first-order valence-electron chi connectivity index (χ1n) is 6.23. The molecule has 3 N–H and O–H groups in total. The topological polar surface area (TPSA) is 72.9 Å². The highest BCUT2D eigenvalue weighted by atomic mass is 16.1. The summed E-state index contributed by atoms with van der Waals surface area (Å²) >= 11 is 0. The lowest BCUT2D eigenvalue weighted by Crippen LogP contribution is -2.29. The smallest absolute Gasteiger partial charge is 0.248 e. The van der Waals surface area contributed by atoms with Gasteiger partial charge in [0.15, 0.2) is 0 Å². The Morgan fingerprint density at radius 1 is 1.53 bits per heavy atom. The Bertz CT molecular complexity index is 536. The van der Waals surface area contributed by atoms with E-state index < -0.39 is 5.91 Å². The zero-order valence-corrected chi connectivity index (χ0v) is 10.9. The molecular formula is C14H18N4O. The normalized spacial score (nSPS) is 12.3. The van der Waals surface area contributed by atoms with Crippen molar-refractivity contribution in [1.82, 2.24) is 14.9 Å². The van der Waals surface area contributed by atoms with Gasteiger partial charge < -0.3 is 15.6 Å². The van der Waals surface area contributed by atoms with E-state index in [0.29, 0.717) is 18.2 Å². The molecule has 0 aliphatic rings. The Morgan fingerprint density at radius 2 is 2.37 bits per heavy atom. The summed E-state index contributed by atoms with van der Waals surface area (Å²) < 4.78 is 2.03. The number of amides is 1. The Balaban J connectivity index is 1.88. The number of aromatic nitrogens is 2. The zero-order valence-electron chi connectivity index (χ0n) is 10.9. The lowest BCUT2D eigenvalue weighted by atomic mass is 10.1. The van der Waals surface area contributed by atoms with E-state index in [9.17, 15) is 4.79 Å². The molecule has 5 nitrogen and oxygen atoms in total. The van der Waals surface area contributed by atoms with Crippen LogP contribution in [0, 0.1) is 0 Å². The number of nitrogens with zero attached hydrogens (tertiary/aromatic N) is 2. The summed E-state index contributed by atoms with van der Waals surface area (Å²) in [5.74, 6) is -0.395. The number of carbonyl (C=O) groups excluding carboxylic acids is 1. The first-order chi connectivity index (χ1) is 9.15. The van der Waals surface area contributed by atoms with Gasteiger partial charge in [-0.1, -0.05) is 12.1 Å². The van der Waals surface area contributed by atoms with E-state index in [4.69, 9.17) is 5.73 Å². The van der Waals surface area contributed by atoms with Crippen molar-refractivity contribution in [2.45, 2.75) is 26.1 Å². The van der Waals surface area contributed by atoms with Gasteiger partial charge in [0.2, 0.25) is 5.91 Å². The van der Waals surface area contributed by atoms with Crippen LogP contribution in [0.1, 0.15) is 22.8 Å². The van der Waals surface area contributed by atoms with E-state index in [1.807, 2.05) is 29.0 Å². The van der Waals surface area contributed by atoms with Crippen LogP contribution in [0.25, 0.3) is 0 Å². The molecule has 0 spiro atoms. The lowest BCUT2D eigenvalue weighted by Gasteiger charge is -2.14. The Kier molecular flexibility index (Phi) is 4.30. The molecule has 1 atom stereocenters. The molecule has 0 saturated carbocycles. The fourth-order valence-corrected chi connectivity index (χ4v) is 1.90. The van der Waals surface area contributed by atoms with Gasteiger partial charge >= 0.3 is 0 Å². The van der Waals surface area contributed by atoms with Gasteiger partial charge in [-0.05, 0) is 24.6 Å². The third kappa shape index (κ3) is 3.93. The summed E-state index contributed by atoms with van der Waals surface area (Å²) in [5, 5.41) is 3.40.